The third kappa shape index (κ3) is 3.25. The molecule has 0 aliphatic rings. The summed E-state index contributed by atoms with van der Waals surface area (Å²) in [5.74, 6) is -0.898. The maximum Gasteiger partial charge on any atom is 0.253 e. The lowest BCUT2D eigenvalue weighted by atomic mass is 10.1. The highest BCUT2D eigenvalue weighted by atomic mass is 16.5. The van der Waals surface area contributed by atoms with Crippen LogP contribution in [0, 0.1) is 0 Å². The van der Waals surface area contributed by atoms with Crippen molar-refractivity contribution in [3.63, 3.8) is 0 Å². The summed E-state index contributed by atoms with van der Waals surface area (Å²) in [6.07, 6.45) is 0.00891. The van der Waals surface area contributed by atoms with E-state index in [1.165, 1.54) is 5.48 Å². The summed E-state index contributed by atoms with van der Waals surface area (Å²) < 4.78 is 0. The number of nitrogens with one attached hydrogen (secondary N) is 2. The van der Waals surface area contributed by atoms with Crippen molar-refractivity contribution in [2.75, 3.05) is 12.3 Å². The molecule has 0 atom stereocenters. The molecule has 1 aromatic carbocycles. The minimum absolute atomic E-state index is 0.00891. The zero-order valence-corrected chi connectivity index (χ0v) is 8.56. The van der Waals surface area contributed by atoms with E-state index in [1.807, 2.05) is 0 Å². The largest absolute Gasteiger partial charge is 0.398 e. The summed E-state index contributed by atoms with van der Waals surface area (Å²) in [6.45, 7) is 0.138. The Morgan fingerprint density at radius 1 is 1.31 bits per heavy atom. The zero-order chi connectivity index (χ0) is 12.0. The summed E-state index contributed by atoms with van der Waals surface area (Å²) in [7, 11) is 0. The first-order chi connectivity index (χ1) is 7.65. The Bertz CT molecular complexity index is 393. The average molecular weight is 223 g/mol. The summed E-state index contributed by atoms with van der Waals surface area (Å²) in [6, 6.07) is 6.64. The molecule has 0 spiro atoms. The standard InChI is InChI=1S/C10H13N3O3/c11-8-4-2-1-3-7(8)10(15)12-6-5-9(14)13-16/h1-4,16H,5-6,11H2,(H,12,15)(H,13,14). The molecular weight excluding hydrogens is 210 g/mol. The van der Waals surface area contributed by atoms with Gasteiger partial charge in [0, 0.05) is 18.7 Å². The molecule has 0 heterocycles. The first-order valence-electron chi connectivity index (χ1n) is 4.70. The summed E-state index contributed by atoms with van der Waals surface area (Å²) in [4.78, 5) is 22.2. The smallest absolute Gasteiger partial charge is 0.253 e. The molecule has 5 N–H and O–H groups in total. The number of carbonyl (C=O) groups is 2. The Balaban J connectivity index is 2.47. The quantitative estimate of drug-likeness (QED) is 0.325. The second kappa shape index (κ2) is 5.72. The van der Waals surface area contributed by atoms with Crippen molar-refractivity contribution in [3.8, 4) is 0 Å². The van der Waals surface area contributed by atoms with Gasteiger partial charge in [-0.15, -0.1) is 0 Å². The third-order valence-electron chi connectivity index (χ3n) is 1.97. The molecular formula is C10H13N3O3. The van der Waals surface area contributed by atoms with Gasteiger partial charge >= 0.3 is 0 Å². The van der Waals surface area contributed by atoms with Gasteiger partial charge in [-0.25, -0.2) is 5.48 Å². The number of benzene rings is 1. The fourth-order valence-electron chi connectivity index (χ4n) is 1.14. The molecule has 0 aliphatic heterocycles. The lowest BCUT2D eigenvalue weighted by Crippen LogP contribution is -2.29. The Morgan fingerprint density at radius 3 is 2.62 bits per heavy atom. The van der Waals surface area contributed by atoms with Gasteiger partial charge in [-0.3, -0.25) is 14.8 Å². The van der Waals surface area contributed by atoms with Gasteiger partial charge in [0.25, 0.3) is 5.91 Å². The molecule has 1 aromatic rings. The van der Waals surface area contributed by atoms with Gasteiger partial charge in [0.2, 0.25) is 5.91 Å². The molecule has 86 valence electrons. The second-order valence-electron chi connectivity index (χ2n) is 3.13. The number of rotatable bonds is 4. The van der Waals surface area contributed by atoms with Crippen molar-refractivity contribution in [1.29, 1.82) is 0 Å². The van der Waals surface area contributed by atoms with Crippen LogP contribution in [-0.4, -0.2) is 23.6 Å². The van der Waals surface area contributed by atoms with Gasteiger partial charge in [0.1, 0.15) is 0 Å². The summed E-state index contributed by atoms with van der Waals surface area (Å²) in [5.41, 5.74) is 7.82. The minimum Gasteiger partial charge on any atom is -0.398 e. The Hall–Kier alpha value is -2.08. The molecule has 2 amide bonds. The molecule has 0 saturated heterocycles. The SMILES string of the molecule is Nc1ccccc1C(=O)NCCC(=O)NO. The van der Waals surface area contributed by atoms with Gasteiger partial charge in [-0.2, -0.15) is 0 Å². The maximum absolute atomic E-state index is 11.6. The minimum atomic E-state index is -0.554. The first-order valence-corrected chi connectivity index (χ1v) is 4.70. The van der Waals surface area contributed by atoms with Gasteiger partial charge in [0.05, 0.1) is 5.56 Å². The van der Waals surface area contributed by atoms with Gasteiger partial charge in [0.15, 0.2) is 0 Å². The van der Waals surface area contributed by atoms with E-state index >= 15 is 0 Å². The van der Waals surface area contributed by atoms with E-state index in [-0.39, 0.29) is 18.9 Å². The van der Waals surface area contributed by atoms with E-state index in [4.69, 9.17) is 10.9 Å². The van der Waals surface area contributed by atoms with Crippen LogP contribution in [0.3, 0.4) is 0 Å². The number of hydrogen-bond acceptors (Lipinski definition) is 4. The number of amides is 2. The highest BCUT2D eigenvalue weighted by molar-refractivity contribution is 5.99. The van der Waals surface area contributed by atoms with Gasteiger partial charge in [-0.05, 0) is 12.1 Å². The number of nitrogens with two attached hydrogens (primary N) is 1. The maximum atomic E-state index is 11.6. The Kier molecular flexibility index (Phi) is 4.28. The third-order valence-corrected chi connectivity index (χ3v) is 1.97. The van der Waals surface area contributed by atoms with Crippen molar-refractivity contribution >= 4 is 17.5 Å². The van der Waals surface area contributed by atoms with E-state index < -0.39 is 5.91 Å². The van der Waals surface area contributed by atoms with Crippen molar-refractivity contribution in [2.24, 2.45) is 0 Å². The summed E-state index contributed by atoms with van der Waals surface area (Å²) >= 11 is 0. The number of anilines is 1. The van der Waals surface area contributed by atoms with E-state index in [2.05, 4.69) is 5.32 Å². The number of hydroxylamine groups is 1. The van der Waals surface area contributed by atoms with Crippen LogP contribution in [0.25, 0.3) is 0 Å². The van der Waals surface area contributed by atoms with Crippen molar-refractivity contribution < 1.29 is 14.8 Å². The Morgan fingerprint density at radius 2 is 2.00 bits per heavy atom. The van der Waals surface area contributed by atoms with E-state index in [0.717, 1.165) is 0 Å². The Labute approximate surface area is 92.4 Å². The van der Waals surface area contributed by atoms with Crippen LogP contribution >= 0.6 is 0 Å². The van der Waals surface area contributed by atoms with Crippen LogP contribution in [0.5, 0.6) is 0 Å². The van der Waals surface area contributed by atoms with Crippen LogP contribution in [0.15, 0.2) is 24.3 Å². The molecule has 1 rings (SSSR count). The van der Waals surface area contributed by atoms with Gasteiger partial charge in [-0.1, -0.05) is 12.1 Å². The monoisotopic (exact) mass is 223 g/mol. The van der Waals surface area contributed by atoms with Gasteiger partial charge < -0.3 is 11.1 Å². The summed E-state index contributed by atoms with van der Waals surface area (Å²) in [5, 5.41) is 10.7. The fourth-order valence-corrected chi connectivity index (χ4v) is 1.14. The number of para-hydroxylation sites is 1. The molecule has 0 radical (unpaired) electrons. The van der Waals surface area contributed by atoms with Crippen LogP contribution in [0.2, 0.25) is 0 Å². The molecule has 16 heavy (non-hydrogen) atoms. The normalized spacial score (nSPS) is 9.56. The van der Waals surface area contributed by atoms with E-state index in [0.29, 0.717) is 11.3 Å². The highest BCUT2D eigenvalue weighted by Crippen LogP contribution is 2.09. The number of nitrogen functional groups attached to an aromatic ring is 1. The molecule has 6 nitrogen and oxygen atoms in total. The van der Waals surface area contributed by atoms with E-state index in [9.17, 15) is 9.59 Å². The molecule has 0 unspecified atom stereocenters. The fraction of sp³-hybridized carbons (Fsp3) is 0.200. The lowest BCUT2D eigenvalue weighted by molar-refractivity contribution is -0.129. The molecule has 0 aliphatic carbocycles. The van der Waals surface area contributed by atoms with Crippen molar-refractivity contribution in [2.45, 2.75) is 6.42 Å². The molecule has 0 fully saturated rings. The highest BCUT2D eigenvalue weighted by Gasteiger charge is 2.08. The van der Waals surface area contributed by atoms with Crippen LogP contribution in [-0.2, 0) is 4.79 Å². The molecule has 0 aromatic heterocycles. The first kappa shape index (κ1) is 12.0. The number of carbonyl (C=O) groups excluding carboxylic acids is 2. The molecule has 0 saturated carbocycles. The van der Waals surface area contributed by atoms with Crippen LogP contribution in [0.1, 0.15) is 16.8 Å². The predicted octanol–water partition coefficient (Wildman–Crippen LogP) is -0.106. The van der Waals surface area contributed by atoms with Crippen LogP contribution < -0.4 is 16.5 Å². The van der Waals surface area contributed by atoms with Crippen LogP contribution in [0.4, 0.5) is 5.69 Å². The van der Waals surface area contributed by atoms with Crippen molar-refractivity contribution in [3.05, 3.63) is 29.8 Å². The topological polar surface area (TPSA) is 104 Å². The molecule has 6 heteroatoms. The molecule has 0 bridgehead atoms. The lowest BCUT2D eigenvalue weighted by Gasteiger charge is -2.06. The zero-order valence-electron chi connectivity index (χ0n) is 8.56. The second-order valence-corrected chi connectivity index (χ2v) is 3.13. The van der Waals surface area contributed by atoms with Crippen molar-refractivity contribution in [1.82, 2.24) is 10.8 Å². The average Bonchev–Trinajstić information content (AvgIpc) is 2.29. The van der Waals surface area contributed by atoms with E-state index in [1.54, 1.807) is 24.3 Å². The predicted molar refractivity (Wildman–Crippen MR) is 57.7 cm³/mol. The number of hydrogen-bond donors (Lipinski definition) is 4.